The minimum Gasteiger partial charge on any atom is -0.340 e. The van der Waals surface area contributed by atoms with E-state index in [1.807, 2.05) is 36.5 Å². The van der Waals surface area contributed by atoms with Crippen molar-refractivity contribution in [2.45, 2.75) is 53.5 Å². The number of rotatable bonds is 6. The number of benzene rings is 3. The summed E-state index contributed by atoms with van der Waals surface area (Å²) in [5.41, 5.74) is 7.68. The van der Waals surface area contributed by atoms with E-state index in [0.29, 0.717) is 5.92 Å². The van der Waals surface area contributed by atoms with Crippen LogP contribution in [0.5, 0.6) is 0 Å². The molecule has 1 N–H and O–H groups in total. The number of nitrogens with one attached hydrogen (secondary N) is 1. The van der Waals surface area contributed by atoms with Crippen molar-refractivity contribution < 1.29 is 4.79 Å². The Balaban J connectivity index is 1.41. The van der Waals surface area contributed by atoms with E-state index in [2.05, 4.69) is 92.2 Å². The quantitative estimate of drug-likeness (QED) is 0.207. The van der Waals surface area contributed by atoms with E-state index in [1.54, 1.807) is 11.3 Å². The van der Waals surface area contributed by atoms with Crippen molar-refractivity contribution in [2.24, 2.45) is 16.3 Å². The molecule has 41 heavy (non-hydrogen) atoms. The molecule has 208 valence electrons. The van der Waals surface area contributed by atoms with E-state index >= 15 is 0 Å². The summed E-state index contributed by atoms with van der Waals surface area (Å²) in [5, 5.41) is 5.11. The standard InChI is InChI=1S/C36H37N3OS/c1-24-30(28-17-11-12-18-31(28)39(24)23-25-13-7-5-8-14-25)22-37-35-33(34(40)38-27-15-9-6-10-16-27)29-20-19-26(36(2,3)4)21-32(29)41-35/h5-18,22,26H,19-21,23H2,1-4H3,(H,38,40)/t26-/m0/s1. The van der Waals surface area contributed by atoms with Crippen LogP contribution in [0.2, 0.25) is 0 Å². The van der Waals surface area contributed by atoms with Crippen molar-refractivity contribution in [3.05, 3.63) is 118 Å². The maximum Gasteiger partial charge on any atom is 0.259 e. The number of nitrogens with zero attached hydrogens (tertiary/aromatic N) is 2. The molecular formula is C36H37N3OS. The molecule has 0 unspecified atom stereocenters. The fraction of sp³-hybridized carbons (Fsp3) is 0.278. The van der Waals surface area contributed by atoms with Gasteiger partial charge in [0, 0.05) is 45.5 Å². The van der Waals surface area contributed by atoms with Crippen LogP contribution in [0.15, 0.2) is 89.9 Å². The zero-order valence-electron chi connectivity index (χ0n) is 24.3. The first-order chi connectivity index (χ1) is 19.8. The van der Waals surface area contributed by atoms with E-state index in [1.165, 1.54) is 32.6 Å². The molecule has 2 heterocycles. The normalized spacial score (nSPS) is 15.4. The van der Waals surface area contributed by atoms with E-state index in [9.17, 15) is 4.79 Å². The third-order valence-corrected chi connectivity index (χ3v) is 9.67. The summed E-state index contributed by atoms with van der Waals surface area (Å²) in [7, 11) is 0. The molecule has 3 aromatic carbocycles. The molecule has 1 amide bonds. The lowest BCUT2D eigenvalue weighted by Gasteiger charge is -2.33. The Morgan fingerprint density at radius 2 is 1.68 bits per heavy atom. The monoisotopic (exact) mass is 559 g/mol. The number of fused-ring (bicyclic) bond motifs is 2. The Kier molecular flexibility index (Phi) is 7.39. The van der Waals surface area contributed by atoms with Crippen LogP contribution >= 0.6 is 11.3 Å². The second-order valence-corrected chi connectivity index (χ2v) is 13.2. The van der Waals surface area contributed by atoms with Gasteiger partial charge >= 0.3 is 0 Å². The van der Waals surface area contributed by atoms with Gasteiger partial charge < -0.3 is 9.88 Å². The number of carbonyl (C=O) groups excluding carboxylic acids is 1. The molecule has 5 aromatic rings. The molecule has 6 rings (SSSR count). The molecule has 1 aliphatic carbocycles. The lowest BCUT2D eigenvalue weighted by molar-refractivity contribution is 0.102. The summed E-state index contributed by atoms with van der Waals surface area (Å²) >= 11 is 1.70. The minimum absolute atomic E-state index is 0.0710. The maximum absolute atomic E-state index is 13.8. The van der Waals surface area contributed by atoms with E-state index in [4.69, 9.17) is 4.99 Å². The zero-order valence-corrected chi connectivity index (χ0v) is 25.1. The number of aliphatic imine (C=N–C) groups is 1. The van der Waals surface area contributed by atoms with Gasteiger partial charge in [-0.15, -0.1) is 11.3 Å². The van der Waals surface area contributed by atoms with Gasteiger partial charge in [0.1, 0.15) is 5.00 Å². The Morgan fingerprint density at radius 3 is 2.41 bits per heavy atom. The average Bonchev–Trinajstić information content (AvgIpc) is 3.46. The molecular weight excluding hydrogens is 522 g/mol. The SMILES string of the molecule is Cc1c(C=Nc2sc3c(c2C(=O)Nc2ccccc2)CC[C@H](C(C)(C)C)C3)c2ccccc2n1Cc1ccccc1. The van der Waals surface area contributed by atoms with Crippen LogP contribution in [0, 0.1) is 18.3 Å². The Bertz CT molecular complexity index is 1720. The van der Waals surface area contributed by atoms with Crippen molar-refractivity contribution in [2.75, 3.05) is 5.32 Å². The fourth-order valence-electron chi connectivity index (χ4n) is 6.06. The van der Waals surface area contributed by atoms with Crippen LogP contribution in [0.25, 0.3) is 10.9 Å². The third kappa shape index (κ3) is 5.51. The fourth-order valence-corrected chi connectivity index (χ4v) is 7.33. The van der Waals surface area contributed by atoms with Crippen LogP contribution in [0.1, 0.15) is 64.8 Å². The van der Waals surface area contributed by atoms with Gasteiger partial charge in [-0.2, -0.15) is 0 Å². The molecule has 0 aliphatic heterocycles. The number of para-hydroxylation sites is 2. The molecule has 2 aromatic heterocycles. The number of hydrogen-bond acceptors (Lipinski definition) is 3. The molecule has 1 atom stereocenters. The molecule has 4 nitrogen and oxygen atoms in total. The maximum atomic E-state index is 13.8. The van der Waals surface area contributed by atoms with Gasteiger partial charge in [0.05, 0.1) is 5.56 Å². The molecule has 0 saturated carbocycles. The number of amides is 1. The molecule has 0 radical (unpaired) electrons. The summed E-state index contributed by atoms with van der Waals surface area (Å²) in [4.78, 5) is 20.2. The first-order valence-electron chi connectivity index (χ1n) is 14.5. The average molecular weight is 560 g/mol. The predicted octanol–water partition coefficient (Wildman–Crippen LogP) is 9.21. The highest BCUT2D eigenvalue weighted by Gasteiger charge is 2.33. The van der Waals surface area contributed by atoms with E-state index in [0.717, 1.165) is 47.6 Å². The van der Waals surface area contributed by atoms with Crippen molar-refractivity contribution >= 4 is 45.0 Å². The Labute approximate surface area is 246 Å². The number of aromatic nitrogens is 1. The second-order valence-electron chi connectivity index (χ2n) is 12.2. The lowest BCUT2D eigenvalue weighted by Crippen LogP contribution is -2.27. The molecule has 1 aliphatic rings. The van der Waals surface area contributed by atoms with Crippen molar-refractivity contribution in [1.29, 1.82) is 0 Å². The highest BCUT2D eigenvalue weighted by molar-refractivity contribution is 7.16. The van der Waals surface area contributed by atoms with Gasteiger partial charge in [0.15, 0.2) is 0 Å². The van der Waals surface area contributed by atoms with Gasteiger partial charge in [-0.1, -0.05) is 87.5 Å². The Hall–Kier alpha value is -3.96. The first-order valence-corrected chi connectivity index (χ1v) is 15.3. The molecule has 0 bridgehead atoms. The largest absolute Gasteiger partial charge is 0.340 e. The van der Waals surface area contributed by atoms with Gasteiger partial charge in [-0.25, -0.2) is 4.99 Å². The topological polar surface area (TPSA) is 46.4 Å². The molecule has 0 fully saturated rings. The van der Waals surface area contributed by atoms with Gasteiger partial charge in [-0.05, 0) is 66.8 Å². The number of thiophene rings is 1. The summed E-state index contributed by atoms with van der Waals surface area (Å²) < 4.78 is 2.36. The number of carbonyl (C=O) groups is 1. The van der Waals surface area contributed by atoms with Gasteiger partial charge in [-0.3, -0.25) is 4.79 Å². The van der Waals surface area contributed by atoms with Crippen molar-refractivity contribution in [1.82, 2.24) is 4.57 Å². The van der Waals surface area contributed by atoms with Gasteiger partial charge in [0.25, 0.3) is 5.91 Å². The summed E-state index contributed by atoms with van der Waals surface area (Å²) in [5.74, 6) is 0.520. The predicted molar refractivity (Wildman–Crippen MR) is 173 cm³/mol. The van der Waals surface area contributed by atoms with E-state index in [-0.39, 0.29) is 11.3 Å². The smallest absolute Gasteiger partial charge is 0.259 e. The molecule has 0 spiro atoms. The number of hydrogen-bond donors (Lipinski definition) is 1. The zero-order chi connectivity index (χ0) is 28.6. The number of anilines is 1. The second kappa shape index (κ2) is 11.1. The lowest BCUT2D eigenvalue weighted by atomic mass is 9.72. The van der Waals surface area contributed by atoms with Crippen LogP contribution in [0.4, 0.5) is 10.7 Å². The highest BCUT2D eigenvalue weighted by Crippen LogP contribution is 2.45. The summed E-state index contributed by atoms with van der Waals surface area (Å²) in [6.45, 7) is 9.94. The van der Waals surface area contributed by atoms with Crippen LogP contribution in [0.3, 0.4) is 0 Å². The molecule has 0 saturated heterocycles. The van der Waals surface area contributed by atoms with E-state index < -0.39 is 0 Å². The van der Waals surface area contributed by atoms with Crippen molar-refractivity contribution in [3.63, 3.8) is 0 Å². The van der Waals surface area contributed by atoms with Crippen LogP contribution < -0.4 is 5.32 Å². The Morgan fingerprint density at radius 1 is 1.00 bits per heavy atom. The molecule has 5 heteroatoms. The summed E-state index contributed by atoms with van der Waals surface area (Å²) in [6.07, 6.45) is 4.99. The van der Waals surface area contributed by atoms with Crippen LogP contribution in [-0.4, -0.2) is 16.7 Å². The third-order valence-electron chi connectivity index (χ3n) is 8.50. The first kappa shape index (κ1) is 27.2. The van der Waals surface area contributed by atoms with Gasteiger partial charge in [0.2, 0.25) is 0 Å². The minimum atomic E-state index is -0.0710. The highest BCUT2D eigenvalue weighted by atomic mass is 32.1. The summed E-state index contributed by atoms with van der Waals surface area (Å²) in [6, 6.07) is 28.8. The van der Waals surface area contributed by atoms with Crippen LogP contribution in [-0.2, 0) is 19.4 Å². The van der Waals surface area contributed by atoms with Crippen molar-refractivity contribution in [3.8, 4) is 0 Å².